The molecule has 0 saturated carbocycles. The van der Waals surface area contributed by atoms with Gasteiger partial charge in [0.2, 0.25) is 0 Å². The maximum absolute atomic E-state index is 11.1. The summed E-state index contributed by atoms with van der Waals surface area (Å²) >= 11 is 0. The summed E-state index contributed by atoms with van der Waals surface area (Å²) in [5.74, 6) is -0.401. The first-order valence-corrected chi connectivity index (χ1v) is 5.95. The molecule has 98 valence electrons. The third-order valence-corrected chi connectivity index (χ3v) is 2.78. The van der Waals surface area contributed by atoms with Crippen LogP contribution < -0.4 is 4.74 Å². The van der Waals surface area contributed by atoms with E-state index in [4.69, 9.17) is 9.84 Å². The van der Waals surface area contributed by atoms with Gasteiger partial charge in [-0.1, -0.05) is 6.07 Å². The Morgan fingerprint density at radius 2 is 1.85 bits per heavy atom. The number of aromatic carboxylic acids is 1. The molecule has 0 amide bonds. The SMILES string of the molecule is O=C(O)c1ncccc1Oc1ccc2cccnc2c1. The summed E-state index contributed by atoms with van der Waals surface area (Å²) in [4.78, 5) is 19.1. The van der Waals surface area contributed by atoms with Crippen LogP contribution in [0, 0.1) is 0 Å². The van der Waals surface area contributed by atoms with Crippen LogP contribution in [-0.4, -0.2) is 21.0 Å². The lowest BCUT2D eigenvalue weighted by Crippen LogP contribution is -2.02. The minimum atomic E-state index is -1.13. The number of aromatic nitrogens is 2. The van der Waals surface area contributed by atoms with Gasteiger partial charge in [0.25, 0.3) is 0 Å². The van der Waals surface area contributed by atoms with Crippen molar-refractivity contribution in [1.82, 2.24) is 9.97 Å². The first-order valence-electron chi connectivity index (χ1n) is 5.95. The number of benzene rings is 1. The van der Waals surface area contributed by atoms with Gasteiger partial charge in [-0.05, 0) is 30.3 Å². The predicted octanol–water partition coefficient (Wildman–Crippen LogP) is 3.12. The van der Waals surface area contributed by atoms with Gasteiger partial charge in [-0.3, -0.25) is 4.98 Å². The van der Waals surface area contributed by atoms with Gasteiger partial charge < -0.3 is 9.84 Å². The molecule has 2 heterocycles. The summed E-state index contributed by atoms with van der Waals surface area (Å²) in [5.41, 5.74) is 0.666. The number of fused-ring (bicyclic) bond motifs is 1. The highest BCUT2D eigenvalue weighted by molar-refractivity contribution is 5.88. The molecular formula is C15H10N2O3. The topological polar surface area (TPSA) is 72.3 Å². The summed E-state index contributed by atoms with van der Waals surface area (Å²) in [5, 5.41) is 10.1. The molecule has 5 nitrogen and oxygen atoms in total. The van der Waals surface area contributed by atoms with E-state index in [1.165, 1.54) is 6.20 Å². The molecule has 1 aromatic carbocycles. The summed E-state index contributed by atoms with van der Waals surface area (Å²) in [6.07, 6.45) is 3.11. The Morgan fingerprint density at radius 1 is 1.05 bits per heavy atom. The predicted molar refractivity (Wildman–Crippen MR) is 73.0 cm³/mol. The highest BCUT2D eigenvalue weighted by atomic mass is 16.5. The number of nitrogens with zero attached hydrogens (tertiary/aromatic N) is 2. The molecular weight excluding hydrogens is 256 g/mol. The van der Waals surface area contributed by atoms with Crippen molar-refractivity contribution in [2.24, 2.45) is 0 Å². The van der Waals surface area contributed by atoms with Crippen molar-refractivity contribution in [1.29, 1.82) is 0 Å². The molecule has 0 fully saturated rings. The monoisotopic (exact) mass is 266 g/mol. The third-order valence-electron chi connectivity index (χ3n) is 2.78. The molecule has 0 aliphatic heterocycles. The summed E-state index contributed by atoms with van der Waals surface area (Å²) in [6.45, 7) is 0. The van der Waals surface area contributed by atoms with Gasteiger partial charge in [0.05, 0.1) is 5.52 Å². The van der Waals surface area contributed by atoms with Crippen LogP contribution in [0.4, 0.5) is 0 Å². The zero-order chi connectivity index (χ0) is 13.9. The lowest BCUT2D eigenvalue weighted by Gasteiger charge is -2.08. The van der Waals surface area contributed by atoms with Gasteiger partial charge in [0, 0.05) is 23.8 Å². The average molecular weight is 266 g/mol. The summed E-state index contributed by atoms with van der Waals surface area (Å²) < 4.78 is 5.60. The molecule has 3 rings (SSSR count). The van der Waals surface area contributed by atoms with E-state index >= 15 is 0 Å². The van der Waals surface area contributed by atoms with Crippen molar-refractivity contribution < 1.29 is 14.6 Å². The molecule has 3 aromatic rings. The van der Waals surface area contributed by atoms with Crippen LogP contribution >= 0.6 is 0 Å². The van der Waals surface area contributed by atoms with E-state index in [0.717, 1.165) is 10.9 Å². The molecule has 0 bridgehead atoms. The lowest BCUT2D eigenvalue weighted by molar-refractivity contribution is 0.0687. The molecule has 5 heteroatoms. The molecule has 0 saturated heterocycles. The largest absolute Gasteiger partial charge is 0.476 e. The van der Waals surface area contributed by atoms with Crippen molar-refractivity contribution in [3.8, 4) is 11.5 Å². The van der Waals surface area contributed by atoms with E-state index in [9.17, 15) is 4.79 Å². The Kier molecular flexibility index (Phi) is 3.01. The van der Waals surface area contributed by atoms with E-state index in [2.05, 4.69) is 9.97 Å². The molecule has 0 radical (unpaired) electrons. The lowest BCUT2D eigenvalue weighted by atomic mass is 10.2. The number of pyridine rings is 2. The zero-order valence-corrected chi connectivity index (χ0v) is 10.4. The van der Waals surface area contributed by atoms with Crippen molar-refractivity contribution in [3.63, 3.8) is 0 Å². The Labute approximate surface area is 114 Å². The number of ether oxygens (including phenoxy) is 1. The average Bonchev–Trinajstić information content (AvgIpc) is 2.47. The molecule has 0 aliphatic rings. The second-order valence-corrected chi connectivity index (χ2v) is 4.12. The van der Waals surface area contributed by atoms with E-state index in [0.29, 0.717) is 5.75 Å². The maximum atomic E-state index is 11.1. The second kappa shape index (κ2) is 4.97. The van der Waals surface area contributed by atoms with Crippen molar-refractivity contribution >= 4 is 16.9 Å². The number of carboxylic acids is 1. The summed E-state index contributed by atoms with van der Waals surface area (Å²) in [6, 6.07) is 12.4. The van der Waals surface area contributed by atoms with E-state index in [1.54, 1.807) is 30.5 Å². The number of rotatable bonds is 3. The first kappa shape index (κ1) is 12.1. The molecule has 0 aliphatic carbocycles. The van der Waals surface area contributed by atoms with E-state index in [-0.39, 0.29) is 11.4 Å². The second-order valence-electron chi connectivity index (χ2n) is 4.12. The highest BCUT2D eigenvalue weighted by Crippen LogP contribution is 2.26. The van der Waals surface area contributed by atoms with E-state index in [1.807, 2.05) is 18.2 Å². The highest BCUT2D eigenvalue weighted by Gasteiger charge is 2.13. The van der Waals surface area contributed by atoms with Gasteiger partial charge >= 0.3 is 5.97 Å². The zero-order valence-electron chi connectivity index (χ0n) is 10.4. The minimum Gasteiger partial charge on any atom is -0.476 e. The third kappa shape index (κ3) is 2.29. The Bertz CT molecular complexity index is 787. The molecule has 0 spiro atoms. The fourth-order valence-corrected chi connectivity index (χ4v) is 1.87. The molecule has 0 unspecified atom stereocenters. The van der Waals surface area contributed by atoms with Gasteiger partial charge in [-0.2, -0.15) is 0 Å². The van der Waals surface area contributed by atoms with Gasteiger partial charge in [-0.15, -0.1) is 0 Å². The molecule has 2 aromatic heterocycles. The number of carbonyl (C=O) groups is 1. The van der Waals surface area contributed by atoms with Crippen LogP contribution in [0.15, 0.2) is 54.9 Å². The van der Waals surface area contributed by atoms with Crippen LogP contribution in [0.2, 0.25) is 0 Å². The Hall–Kier alpha value is -2.95. The van der Waals surface area contributed by atoms with Crippen molar-refractivity contribution in [3.05, 3.63) is 60.6 Å². The standard InChI is InChI=1S/C15H10N2O3/c18-15(19)14-13(4-2-8-17-14)20-11-6-5-10-3-1-7-16-12(10)9-11/h1-9H,(H,18,19). The van der Waals surface area contributed by atoms with Gasteiger partial charge in [0.1, 0.15) is 5.75 Å². The van der Waals surface area contributed by atoms with Crippen LogP contribution in [0.3, 0.4) is 0 Å². The van der Waals surface area contributed by atoms with Crippen LogP contribution in [0.5, 0.6) is 11.5 Å². The first-order chi connectivity index (χ1) is 9.74. The van der Waals surface area contributed by atoms with E-state index < -0.39 is 5.97 Å². The normalized spacial score (nSPS) is 10.4. The van der Waals surface area contributed by atoms with Crippen LogP contribution in [0.25, 0.3) is 10.9 Å². The van der Waals surface area contributed by atoms with Crippen molar-refractivity contribution in [2.75, 3.05) is 0 Å². The minimum absolute atomic E-state index is 0.117. The van der Waals surface area contributed by atoms with Gasteiger partial charge in [-0.25, -0.2) is 9.78 Å². The molecule has 20 heavy (non-hydrogen) atoms. The number of hydrogen-bond acceptors (Lipinski definition) is 4. The number of hydrogen-bond donors (Lipinski definition) is 1. The van der Waals surface area contributed by atoms with Crippen LogP contribution in [-0.2, 0) is 0 Å². The van der Waals surface area contributed by atoms with Gasteiger partial charge in [0.15, 0.2) is 11.4 Å². The molecule has 0 atom stereocenters. The molecule has 1 N–H and O–H groups in total. The number of carboxylic acid groups (broad SMARTS) is 1. The Balaban J connectivity index is 1.99. The summed E-state index contributed by atoms with van der Waals surface area (Å²) in [7, 11) is 0. The fraction of sp³-hybridized carbons (Fsp3) is 0. The quantitative estimate of drug-likeness (QED) is 0.788. The Morgan fingerprint density at radius 3 is 2.70 bits per heavy atom. The smallest absolute Gasteiger partial charge is 0.358 e. The fourth-order valence-electron chi connectivity index (χ4n) is 1.87. The van der Waals surface area contributed by atoms with Crippen molar-refractivity contribution in [2.45, 2.75) is 0 Å². The van der Waals surface area contributed by atoms with Crippen LogP contribution in [0.1, 0.15) is 10.5 Å². The maximum Gasteiger partial charge on any atom is 0.358 e.